The molecule has 1 saturated heterocycles. The Labute approximate surface area is 204 Å². The topological polar surface area (TPSA) is 37.4 Å². The number of thioether (sulfide) groups is 1. The highest BCUT2D eigenvalue weighted by atomic mass is 32.2. The number of benzene rings is 1. The first-order valence-electron chi connectivity index (χ1n) is 11.8. The normalized spacial score (nSPS) is 17.7. The quantitative estimate of drug-likeness (QED) is 0.557. The molecule has 2 aliphatic heterocycles. The summed E-state index contributed by atoms with van der Waals surface area (Å²) in [5.74, 6) is 0.917. The Morgan fingerprint density at radius 3 is 2.88 bits per heavy atom. The van der Waals surface area contributed by atoms with Gasteiger partial charge in [0.05, 0.1) is 22.4 Å². The number of aryl methyl sites for hydroxylation is 2. The maximum Gasteiger partial charge on any atom is 0.118 e. The summed E-state index contributed by atoms with van der Waals surface area (Å²) in [6.45, 7) is 5.27. The highest BCUT2D eigenvalue weighted by Gasteiger charge is 2.26. The van der Waals surface area contributed by atoms with Crippen molar-refractivity contribution in [2.24, 2.45) is 0 Å². The molecule has 172 valence electrons. The molecule has 33 heavy (non-hydrogen) atoms. The minimum absolute atomic E-state index is 0.456. The molecule has 1 atom stereocenters. The van der Waals surface area contributed by atoms with Gasteiger partial charge >= 0.3 is 0 Å². The van der Waals surface area contributed by atoms with Crippen molar-refractivity contribution >= 4 is 34.2 Å². The van der Waals surface area contributed by atoms with Crippen LogP contribution in [0.5, 0.6) is 5.75 Å². The maximum atomic E-state index is 5.30. The van der Waals surface area contributed by atoms with Crippen LogP contribution >= 0.6 is 23.1 Å². The Balaban J connectivity index is 1.42. The lowest BCUT2D eigenvalue weighted by molar-refractivity contribution is 0.268. The number of hydrogen-bond acceptors (Lipinski definition) is 6. The lowest BCUT2D eigenvalue weighted by Gasteiger charge is -2.36. The summed E-state index contributed by atoms with van der Waals surface area (Å²) in [4.78, 5) is 8.94. The molecule has 2 aromatic heterocycles. The largest absolute Gasteiger partial charge is 0.497 e. The number of fused-ring (bicyclic) bond motifs is 2. The van der Waals surface area contributed by atoms with E-state index in [2.05, 4.69) is 58.9 Å². The Bertz CT molecular complexity index is 1220. The van der Waals surface area contributed by atoms with E-state index in [0.29, 0.717) is 6.04 Å². The van der Waals surface area contributed by atoms with Gasteiger partial charge in [-0.25, -0.2) is 0 Å². The molecule has 4 nitrogen and oxygen atoms in total. The SMILES string of the molecule is CCCc1cc2c(s1)SC=c1cccnc1=C2N1CCNC(CCc2ccc(OC)cc2)C1. The number of aromatic nitrogens is 1. The summed E-state index contributed by atoms with van der Waals surface area (Å²) in [5, 5.41) is 8.39. The number of pyridine rings is 1. The van der Waals surface area contributed by atoms with E-state index in [-0.39, 0.29) is 0 Å². The first kappa shape index (κ1) is 22.5. The third-order valence-corrected chi connectivity index (χ3v) is 8.70. The second-order valence-electron chi connectivity index (χ2n) is 8.67. The van der Waals surface area contributed by atoms with E-state index in [4.69, 9.17) is 9.72 Å². The molecular weight excluding hydrogens is 446 g/mol. The van der Waals surface area contributed by atoms with E-state index in [1.165, 1.54) is 37.5 Å². The number of methoxy groups -OCH3 is 1. The third-order valence-electron chi connectivity index (χ3n) is 6.37. The zero-order chi connectivity index (χ0) is 22.6. The third kappa shape index (κ3) is 4.98. The van der Waals surface area contributed by atoms with Gasteiger partial charge in [0.25, 0.3) is 0 Å². The summed E-state index contributed by atoms with van der Waals surface area (Å²) in [6, 6.07) is 15.6. The van der Waals surface area contributed by atoms with Crippen molar-refractivity contribution in [2.45, 2.75) is 42.9 Å². The Hall–Kier alpha value is -2.28. The minimum atomic E-state index is 0.456. The highest BCUT2D eigenvalue weighted by molar-refractivity contribution is 8.08. The summed E-state index contributed by atoms with van der Waals surface area (Å²) < 4.78 is 6.70. The smallest absolute Gasteiger partial charge is 0.118 e. The molecular formula is C27H31N3OS2. The van der Waals surface area contributed by atoms with Gasteiger partial charge in [-0.1, -0.05) is 43.3 Å². The summed E-state index contributed by atoms with van der Waals surface area (Å²) >= 11 is 3.81. The molecule has 0 bridgehead atoms. The van der Waals surface area contributed by atoms with E-state index in [1.807, 2.05) is 35.4 Å². The van der Waals surface area contributed by atoms with Gasteiger partial charge in [0, 0.05) is 47.5 Å². The van der Waals surface area contributed by atoms with Gasteiger partial charge < -0.3 is 15.0 Å². The number of thiophene rings is 1. The number of nitrogens with zero attached hydrogens (tertiary/aromatic N) is 2. The lowest BCUT2D eigenvalue weighted by atomic mass is 10.0. The van der Waals surface area contributed by atoms with Crippen LogP contribution in [0.25, 0.3) is 11.1 Å². The van der Waals surface area contributed by atoms with Crippen LogP contribution in [0.15, 0.2) is 52.9 Å². The molecule has 5 rings (SSSR count). The fourth-order valence-electron chi connectivity index (χ4n) is 4.68. The molecule has 1 fully saturated rings. The van der Waals surface area contributed by atoms with E-state index < -0.39 is 0 Å². The van der Waals surface area contributed by atoms with Crippen molar-refractivity contribution in [2.75, 3.05) is 26.7 Å². The van der Waals surface area contributed by atoms with Crippen molar-refractivity contribution in [3.63, 3.8) is 0 Å². The van der Waals surface area contributed by atoms with Crippen molar-refractivity contribution < 1.29 is 4.74 Å². The van der Waals surface area contributed by atoms with Crippen LogP contribution in [0.3, 0.4) is 0 Å². The molecule has 2 aliphatic rings. The molecule has 1 aromatic carbocycles. The van der Waals surface area contributed by atoms with Crippen LogP contribution in [0.2, 0.25) is 0 Å². The minimum Gasteiger partial charge on any atom is -0.497 e. The Morgan fingerprint density at radius 1 is 1.18 bits per heavy atom. The number of ether oxygens (including phenoxy) is 1. The van der Waals surface area contributed by atoms with Gasteiger partial charge in [0.2, 0.25) is 0 Å². The Morgan fingerprint density at radius 2 is 2.06 bits per heavy atom. The first-order chi connectivity index (χ1) is 16.2. The number of nitrogens with one attached hydrogen (secondary N) is 1. The van der Waals surface area contributed by atoms with Gasteiger partial charge in [-0.05, 0) is 54.5 Å². The number of piperazine rings is 1. The van der Waals surface area contributed by atoms with Crippen LogP contribution in [-0.4, -0.2) is 42.7 Å². The van der Waals surface area contributed by atoms with Gasteiger partial charge in [-0.15, -0.1) is 11.3 Å². The van der Waals surface area contributed by atoms with Gasteiger partial charge in [-0.2, -0.15) is 0 Å². The van der Waals surface area contributed by atoms with Crippen LogP contribution < -0.4 is 20.6 Å². The van der Waals surface area contributed by atoms with Gasteiger partial charge in [0.1, 0.15) is 5.75 Å². The Kier molecular flexibility index (Phi) is 7.04. The monoisotopic (exact) mass is 477 g/mol. The predicted octanol–water partition coefficient (Wildman–Crippen LogP) is 4.01. The standard InChI is InChI=1S/C27H31N3OS2/c1-3-5-23-16-24-26(25-20(6-4-13-29-25)18-32-27(24)33-23)30-15-14-28-21(17-30)10-7-19-8-11-22(31-2)12-9-19/h4,6,8-9,11-13,16,18,21,28H,3,5,7,10,14-15,17H2,1-2H3. The van der Waals surface area contributed by atoms with Gasteiger partial charge in [0.15, 0.2) is 0 Å². The van der Waals surface area contributed by atoms with Crippen molar-refractivity contribution in [3.8, 4) is 5.75 Å². The zero-order valence-electron chi connectivity index (χ0n) is 19.3. The van der Waals surface area contributed by atoms with Crippen molar-refractivity contribution in [1.29, 1.82) is 0 Å². The molecule has 6 heteroatoms. The molecule has 0 saturated carbocycles. The molecule has 4 heterocycles. The molecule has 1 N–H and O–H groups in total. The number of hydrogen-bond donors (Lipinski definition) is 1. The fraction of sp³-hybridized carbons (Fsp3) is 0.370. The second kappa shape index (κ2) is 10.3. The lowest BCUT2D eigenvalue weighted by Crippen LogP contribution is -2.51. The average molecular weight is 478 g/mol. The second-order valence-corrected chi connectivity index (χ2v) is 10.9. The van der Waals surface area contributed by atoms with Crippen LogP contribution in [0.1, 0.15) is 35.8 Å². The first-order valence-corrected chi connectivity index (χ1v) is 13.5. The average Bonchev–Trinajstić information content (AvgIpc) is 3.18. The van der Waals surface area contributed by atoms with Crippen LogP contribution in [-0.2, 0) is 12.8 Å². The fourth-order valence-corrected chi connectivity index (χ4v) is 7.03. The molecule has 1 unspecified atom stereocenters. The summed E-state index contributed by atoms with van der Waals surface area (Å²) in [7, 11) is 1.72. The number of rotatable bonds is 7. The molecule has 0 aliphatic carbocycles. The van der Waals surface area contributed by atoms with E-state index in [9.17, 15) is 0 Å². The van der Waals surface area contributed by atoms with E-state index in [1.54, 1.807) is 7.11 Å². The summed E-state index contributed by atoms with van der Waals surface area (Å²) in [6.07, 6.45) is 6.44. The molecule has 0 radical (unpaired) electrons. The van der Waals surface area contributed by atoms with Crippen LogP contribution in [0, 0.1) is 0 Å². The maximum absolute atomic E-state index is 5.30. The van der Waals surface area contributed by atoms with E-state index in [0.717, 1.165) is 50.0 Å². The summed E-state index contributed by atoms with van der Waals surface area (Å²) in [5.41, 5.74) is 4.05. The molecule has 0 amide bonds. The van der Waals surface area contributed by atoms with Crippen molar-refractivity contribution in [3.05, 3.63) is 75.2 Å². The highest BCUT2D eigenvalue weighted by Crippen LogP contribution is 2.38. The van der Waals surface area contributed by atoms with Crippen molar-refractivity contribution in [1.82, 2.24) is 15.2 Å². The van der Waals surface area contributed by atoms with Gasteiger partial charge in [-0.3, -0.25) is 4.98 Å². The molecule has 3 aromatic rings. The predicted molar refractivity (Wildman–Crippen MR) is 139 cm³/mol. The van der Waals surface area contributed by atoms with E-state index >= 15 is 0 Å². The zero-order valence-corrected chi connectivity index (χ0v) is 21.0. The molecule has 0 spiro atoms. The van der Waals surface area contributed by atoms with Crippen LogP contribution in [0.4, 0.5) is 0 Å².